The van der Waals surface area contributed by atoms with Gasteiger partial charge < -0.3 is 10.2 Å². The van der Waals surface area contributed by atoms with E-state index in [9.17, 15) is 9.59 Å². The van der Waals surface area contributed by atoms with Crippen LogP contribution in [0, 0.1) is 5.92 Å². The van der Waals surface area contributed by atoms with Crippen molar-refractivity contribution in [3.8, 4) is 0 Å². The molecule has 1 aliphatic carbocycles. The van der Waals surface area contributed by atoms with E-state index in [1.54, 1.807) is 4.90 Å². The van der Waals surface area contributed by atoms with Crippen molar-refractivity contribution >= 4 is 11.8 Å². The molecule has 92 valence electrons. The first-order chi connectivity index (χ1) is 7.69. The molecular weight excluding hydrogens is 204 g/mol. The summed E-state index contributed by atoms with van der Waals surface area (Å²) in [5.41, 5.74) is 0. The zero-order chi connectivity index (χ0) is 12.0. The van der Waals surface area contributed by atoms with Crippen molar-refractivity contribution in [3.63, 3.8) is 0 Å². The van der Waals surface area contributed by atoms with Crippen LogP contribution < -0.4 is 5.32 Å². The Kier molecular flexibility index (Phi) is 5.29. The number of amides is 2. The van der Waals surface area contributed by atoms with E-state index in [1.807, 2.05) is 13.8 Å². The van der Waals surface area contributed by atoms with Crippen molar-refractivity contribution in [1.29, 1.82) is 0 Å². The van der Waals surface area contributed by atoms with Gasteiger partial charge in [-0.25, -0.2) is 0 Å². The SMILES string of the molecule is CCCNC(=O)CN(CCC)C(=O)C1CC1. The second-order valence-electron chi connectivity index (χ2n) is 4.38. The first-order valence-electron chi connectivity index (χ1n) is 6.24. The monoisotopic (exact) mass is 226 g/mol. The lowest BCUT2D eigenvalue weighted by atomic mass is 10.3. The van der Waals surface area contributed by atoms with E-state index in [1.165, 1.54) is 0 Å². The Labute approximate surface area is 97.4 Å². The summed E-state index contributed by atoms with van der Waals surface area (Å²) in [4.78, 5) is 25.1. The minimum absolute atomic E-state index is 0.0377. The van der Waals surface area contributed by atoms with Gasteiger partial charge in [-0.2, -0.15) is 0 Å². The molecule has 16 heavy (non-hydrogen) atoms. The van der Waals surface area contributed by atoms with Crippen molar-refractivity contribution in [3.05, 3.63) is 0 Å². The number of hydrogen-bond donors (Lipinski definition) is 1. The molecule has 0 saturated heterocycles. The molecule has 0 radical (unpaired) electrons. The van der Waals surface area contributed by atoms with E-state index in [-0.39, 0.29) is 24.3 Å². The van der Waals surface area contributed by atoms with Crippen molar-refractivity contribution in [1.82, 2.24) is 10.2 Å². The summed E-state index contributed by atoms with van der Waals surface area (Å²) in [6.07, 6.45) is 3.82. The first-order valence-corrected chi connectivity index (χ1v) is 6.24. The van der Waals surface area contributed by atoms with E-state index >= 15 is 0 Å². The van der Waals surface area contributed by atoms with Crippen LogP contribution in [-0.4, -0.2) is 36.3 Å². The highest BCUT2D eigenvalue weighted by Crippen LogP contribution is 2.30. The molecule has 0 atom stereocenters. The van der Waals surface area contributed by atoms with Crippen LogP contribution >= 0.6 is 0 Å². The van der Waals surface area contributed by atoms with Crippen LogP contribution in [0.4, 0.5) is 0 Å². The Morgan fingerprint density at radius 2 is 1.94 bits per heavy atom. The molecule has 0 spiro atoms. The Hall–Kier alpha value is -1.06. The number of hydrogen-bond acceptors (Lipinski definition) is 2. The van der Waals surface area contributed by atoms with Gasteiger partial charge in [0.15, 0.2) is 0 Å². The fourth-order valence-electron chi connectivity index (χ4n) is 1.62. The Morgan fingerprint density at radius 3 is 2.44 bits per heavy atom. The molecule has 2 amide bonds. The lowest BCUT2D eigenvalue weighted by Gasteiger charge is -2.21. The molecule has 0 aromatic rings. The lowest BCUT2D eigenvalue weighted by Crippen LogP contribution is -2.42. The van der Waals surface area contributed by atoms with Crippen molar-refractivity contribution in [2.45, 2.75) is 39.5 Å². The van der Waals surface area contributed by atoms with Crippen LogP contribution in [0.1, 0.15) is 39.5 Å². The van der Waals surface area contributed by atoms with Gasteiger partial charge in [-0.05, 0) is 25.7 Å². The molecule has 1 saturated carbocycles. The highest BCUT2D eigenvalue weighted by Gasteiger charge is 2.33. The van der Waals surface area contributed by atoms with Gasteiger partial charge in [-0.15, -0.1) is 0 Å². The number of carbonyl (C=O) groups is 2. The Balaban J connectivity index is 2.37. The summed E-state index contributed by atoms with van der Waals surface area (Å²) in [7, 11) is 0. The molecule has 0 bridgehead atoms. The molecule has 0 aliphatic heterocycles. The number of carbonyl (C=O) groups excluding carboxylic acids is 2. The summed E-state index contributed by atoms with van der Waals surface area (Å²) in [6.45, 7) is 5.64. The van der Waals surface area contributed by atoms with Gasteiger partial charge in [-0.1, -0.05) is 13.8 Å². The molecule has 1 N–H and O–H groups in total. The molecule has 1 rings (SSSR count). The minimum Gasteiger partial charge on any atom is -0.355 e. The van der Waals surface area contributed by atoms with Gasteiger partial charge in [0.05, 0.1) is 6.54 Å². The topological polar surface area (TPSA) is 49.4 Å². The maximum Gasteiger partial charge on any atom is 0.239 e. The van der Waals surface area contributed by atoms with Crippen LogP contribution in [0.2, 0.25) is 0 Å². The van der Waals surface area contributed by atoms with Gasteiger partial charge in [0.2, 0.25) is 11.8 Å². The molecule has 0 heterocycles. The Morgan fingerprint density at radius 1 is 1.25 bits per heavy atom. The third kappa shape index (κ3) is 4.21. The van der Waals surface area contributed by atoms with E-state index in [0.717, 1.165) is 25.7 Å². The molecule has 1 fully saturated rings. The van der Waals surface area contributed by atoms with E-state index < -0.39 is 0 Å². The minimum atomic E-state index is -0.0377. The highest BCUT2D eigenvalue weighted by atomic mass is 16.2. The molecule has 4 heteroatoms. The second kappa shape index (κ2) is 6.51. The fourth-order valence-corrected chi connectivity index (χ4v) is 1.62. The predicted octanol–water partition coefficient (Wildman–Crippen LogP) is 1.16. The zero-order valence-corrected chi connectivity index (χ0v) is 10.3. The third-order valence-corrected chi connectivity index (χ3v) is 2.64. The van der Waals surface area contributed by atoms with Crippen molar-refractivity contribution in [2.24, 2.45) is 5.92 Å². The first kappa shape index (κ1) is 13.0. The molecule has 0 aromatic carbocycles. The van der Waals surface area contributed by atoms with Gasteiger partial charge >= 0.3 is 0 Å². The molecule has 0 aromatic heterocycles. The van der Waals surface area contributed by atoms with Crippen LogP contribution in [0.15, 0.2) is 0 Å². The zero-order valence-electron chi connectivity index (χ0n) is 10.3. The van der Waals surface area contributed by atoms with Gasteiger partial charge in [-0.3, -0.25) is 9.59 Å². The standard InChI is InChI=1S/C12H22N2O2/c1-3-7-13-11(15)9-14(8-4-2)12(16)10-5-6-10/h10H,3-9H2,1-2H3,(H,13,15). The second-order valence-corrected chi connectivity index (χ2v) is 4.38. The van der Waals surface area contributed by atoms with E-state index in [2.05, 4.69) is 5.32 Å². The lowest BCUT2D eigenvalue weighted by molar-refractivity contribution is -0.137. The van der Waals surface area contributed by atoms with Crippen LogP contribution in [0.5, 0.6) is 0 Å². The molecule has 1 aliphatic rings. The molecule has 4 nitrogen and oxygen atoms in total. The normalized spacial score (nSPS) is 14.6. The van der Waals surface area contributed by atoms with E-state index in [4.69, 9.17) is 0 Å². The summed E-state index contributed by atoms with van der Waals surface area (Å²) in [6, 6.07) is 0. The maximum atomic E-state index is 11.9. The summed E-state index contributed by atoms with van der Waals surface area (Å²) in [5.74, 6) is 0.323. The quantitative estimate of drug-likeness (QED) is 0.708. The van der Waals surface area contributed by atoms with Gasteiger partial charge in [0.1, 0.15) is 0 Å². The number of nitrogens with one attached hydrogen (secondary N) is 1. The summed E-state index contributed by atoms with van der Waals surface area (Å²) < 4.78 is 0. The maximum absolute atomic E-state index is 11.9. The smallest absolute Gasteiger partial charge is 0.239 e. The summed E-state index contributed by atoms with van der Waals surface area (Å²) >= 11 is 0. The number of nitrogens with zero attached hydrogens (tertiary/aromatic N) is 1. The highest BCUT2D eigenvalue weighted by molar-refractivity contribution is 5.87. The third-order valence-electron chi connectivity index (χ3n) is 2.64. The molecular formula is C12H22N2O2. The average molecular weight is 226 g/mol. The van der Waals surface area contributed by atoms with Crippen LogP contribution in [0.25, 0.3) is 0 Å². The van der Waals surface area contributed by atoms with E-state index in [0.29, 0.717) is 13.1 Å². The largest absolute Gasteiger partial charge is 0.355 e. The predicted molar refractivity (Wildman–Crippen MR) is 62.9 cm³/mol. The number of rotatable bonds is 7. The Bertz CT molecular complexity index is 249. The van der Waals surface area contributed by atoms with Crippen LogP contribution in [-0.2, 0) is 9.59 Å². The molecule has 0 unspecified atom stereocenters. The average Bonchev–Trinajstić information content (AvgIpc) is 3.08. The van der Waals surface area contributed by atoms with Gasteiger partial charge in [0, 0.05) is 19.0 Å². The van der Waals surface area contributed by atoms with Crippen molar-refractivity contribution < 1.29 is 9.59 Å². The van der Waals surface area contributed by atoms with Crippen LogP contribution in [0.3, 0.4) is 0 Å². The van der Waals surface area contributed by atoms with Gasteiger partial charge in [0.25, 0.3) is 0 Å². The van der Waals surface area contributed by atoms with Crippen molar-refractivity contribution in [2.75, 3.05) is 19.6 Å². The fraction of sp³-hybridized carbons (Fsp3) is 0.833. The summed E-state index contributed by atoms with van der Waals surface area (Å²) in [5, 5.41) is 2.80.